The zero-order chi connectivity index (χ0) is 13.9. The van der Waals surface area contributed by atoms with E-state index in [-0.39, 0.29) is 23.5 Å². The molecule has 0 amide bonds. The first kappa shape index (κ1) is 14.8. The molecule has 19 heavy (non-hydrogen) atoms. The summed E-state index contributed by atoms with van der Waals surface area (Å²) in [4.78, 5) is 12.3. The molecular weight excluding hydrogens is 240 g/mol. The van der Waals surface area contributed by atoms with Crippen molar-refractivity contribution < 1.29 is 14.8 Å². The van der Waals surface area contributed by atoms with Crippen LogP contribution in [0.2, 0.25) is 0 Å². The third kappa shape index (κ3) is 3.93. The monoisotopic (exact) mass is 269 g/mol. The molecule has 2 rings (SSSR count). The van der Waals surface area contributed by atoms with Gasteiger partial charge in [-0.3, -0.25) is 4.79 Å². The van der Waals surface area contributed by atoms with Gasteiger partial charge < -0.3 is 15.8 Å². The van der Waals surface area contributed by atoms with Gasteiger partial charge in [0.25, 0.3) is 0 Å². The number of carbonyl (C=O) groups excluding carboxylic acids is 1. The maximum atomic E-state index is 12.3. The van der Waals surface area contributed by atoms with E-state index in [1.165, 1.54) is 0 Å². The Morgan fingerprint density at radius 1 is 1.11 bits per heavy atom. The summed E-state index contributed by atoms with van der Waals surface area (Å²) >= 11 is 0. The molecule has 4 N–H and O–H groups in total. The Morgan fingerprint density at radius 3 is 2.26 bits per heavy atom. The lowest BCUT2D eigenvalue weighted by molar-refractivity contribution is -0.665. The predicted octanol–water partition coefficient (Wildman–Crippen LogP) is 0.799. The minimum atomic E-state index is -0.315. The fraction of sp³-hybridized carbons (Fsp3) is 0.933. The van der Waals surface area contributed by atoms with Crippen molar-refractivity contribution in [3.8, 4) is 0 Å². The lowest BCUT2D eigenvalue weighted by atomic mass is 9.82. The van der Waals surface area contributed by atoms with Crippen LogP contribution in [0.5, 0.6) is 0 Å². The van der Waals surface area contributed by atoms with Crippen LogP contribution >= 0.6 is 0 Å². The molecule has 0 radical (unpaired) electrons. The highest BCUT2D eigenvalue weighted by atomic mass is 16.6. The summed E-state index contributed by atoms with van der Waals surface area (Å²) in [6.07, 6.45) is 6.01. The average Bonchev–Trinajstić information content (AvgIpc) is 2.40. The van der Waals surface area contributed by atoms with E-state index in [4.69, 9.17) is 10.5 Å². The third-order valence-corrected chi connectivity index (χ3v) is 4.89. The Balaban J connectivity index is 1.86. The van der Waals surface area contributed by atoms with Crippen molar-refractivity contribution in [3.63, 3.8) is 0 Å². The van der Waals surface area contributed by atoms with Crippen LogP contribution in [0, 0.1) is 11.8 Å². The van der Waals surface area contributed by atoms with Gasteiger partial charge in [-0.05, 0) is 39.5 Å². The van der Waals surface area contributed by atoms with Crippen LogP contribution in [0.3, 0.4) is 0 Å². The van der Waals surface area contributed by atoms with Crippen molar-refractivity contribution in [1.29, 1.82) is 0 Å². The first-order valence-corrected chi connectivity index (χ1v) is 7.79. The van der Waals surface area contributed by atoms with Crippen molar-refractivity contribution in [1.82, 2.24) is 0 Å². The van der Waals surface area contributed by atoms with Gasteiger partial charge in [0.05, 0.1) is 19.0 Å². The van der Waals surface area contributed by atoms with Crippen LogP contribution in [-0.2, 0) is 9.53 Å². The van der Waals surface area contributed by atoms with Crippen LogP contribution in [0.4, 0.5) is 0 Å². The van der Waals surface area contributed by atoms with Crippen molar-refractivity contribution in [2.75, 3.05) is 13.1 Å². The van der Waals surface area contributed by atoms with Gasteiger partial charge in [0, 0.05) is 24.8 Å². The predicted molar refractivity (Wildman–Crippen MR) is 74.5 cm³/mol. The number of ether oxygens (including phenoxy) is 1. The smallest absolute Gasteiger partial charge is 0.309 e. The second-order valence-electron chi connectivity index (χ2n) is 6.78. The van der Waals surface area contributed by atoms with Gasteiger partial charge in [0.15, 0.2) is 0 Å². The summed E-state index contributed by atoms with van der Waals surface area (Å²) in [5.41, 5.74) is 5.57. The number of nitrogens with two attached hydrogens (primary N) is 2. The van der Waals surface area contributed by atoms with Gasteiger partial charge in [-0.2, -0.15) is 0 Å². The Morgan fingerprint density at radius 2 is 1.68 bits per heavy atom. The molecule has 1 aliphatic carbocycles. The van der Waals surface area contributed by atoms with E-state index in [1.54, 1.807) is 0 Å². The van der Waals surface area contributed by atoms with Crippen molar-refractivity contribution in [2.24, 2.45) is 17.6 Å². The number of carbonyl (C=O) groups is 1. The van der Waals surface area contributed by atoms with Crippen molar-refractivity contribution >= 4 is 5.97 Å². The van der Waals surface area contributed by atoms with E-state index in [0.717, 1.165) is 51.6 Å². The third-order valence-electron chi connectivity index (χ3n) is 4.89. The molecule has 1 heterocycles. The minimum absolute atomic E-state index is 0.00598. The molecule has 0 atom stereocenters. The van der Waals surface area contributed by atoms with E-state index >= 15 is 0 Å². The first-order chi connectivity index (χ1) is 8.99. The van der Waals surface area contributed by atoms with Crippen molar-refractivity contribution in [3.05, 3.63) is 0 Å². The van der Waals surface area contributed by atoms with Gasteiger partial charge in [0.2, 0.25) is 0 Å². The number of quaternary nitrogens is 1. The Hall–Kier alpha value is -0.610. The maximum Gasteiger partial charge on any atom is 0.309 e. The molecule has 1 saturated carbocycles. The molecule has 0 spiro atoms. The van der Waals surface area contributed by atoms with Gasteiger partial charge in [-0.1, -0.05) is 0 Å². The second kappa shape index (κ2) is 6.23. The van der Waals surface area contributed by atoms with E-state index in [0.29, 0.717) is 5.92 Å². The summed E-state index contributed by atoms with van der Waals surface area (Å²) < 4.78 is 5.86. The second-order valence-corrected chi connectivity index (χ2v) is 6.78. The Kier molecular flexibility index (Phi) is 4.85. The SMILES string of the molecule is CC(C)(OC(=O)C1CCC(N)CC1)C1CC[NH2+]CC1. The summed E-state index contributed by atoms with van der Waals surface area (Å²) in [7, 11) is 0. The average molecular weight is 269 g/mol. The van der Waals surface area contributed by atoms with E-state index in [2.05, 4.69) is 19.2 Å². The lowest BCUT2D eigenvalue weighted by Crippen LogP contribution is -2.86. The molecule has 2 fully saturated rings. The molecule has 0 bridgehead atoms. The van der Waals surface area contributed by atoms with Gasteiger partial charge in [-0.25, -0.2) is 0 Å². The quantitative estimate of drug-likeness (QED) is 0.745. The maximum absolute atomic E-state index is 12.3. The number of hydrogen-bond acceptors (Lipinski definition) is 3. The number of esters is 1. The molecule has 0 aromatic rings. The molecule has 1 aliphatic heterocycles. The Bertz CT molecular complexity index is 303. The summed E-state index contributed by atoms with van der Waals surface area (Å²) in [6.45, 7) is 6.47. The number of hydrogen-bond donors (Lipinski definition) is 2. The highest BCUT2D eigenvalue weighted by Gasteiger charge is 2.37. The van der Waals surface area contributed by atoms with Gasteiger partial charge >= 0.3 is 5.97 Å². The van der Waals surface area contributed by atoms with Crippen molar-refractivity contribution in [2.45, 2.75) is 64.0 Å². The largest absolute Gasteiger partial charge is 0.459 e. The summed E-state index contributed by atoms with van der Waals surface area (Å²) in [6, 6.07) is 0.283. The fourth-order valence-electron chi connectivity index (χ4n) is 3.40. The zero-order valence-corrected chi connectivity index (χ0v) is 12.4. The molecule has 1 saturated heterocycles. The summed E-state index contributed by atoms with van der Waals surface area (Å²) in [5, 5.41) is 2.34. The van der Waals surface area contributed by atoms with Crippen LogP contribution in [0.15, 0.2) is 0 Å². The molecule has 0 unspecified atom stereocenters. The lowest BCUT2D eigenvalue weighted by Gasteiger charge is -2.37. The molecule has 4 heteroatoms. The standard InChI is InChI=1S/C15H28N2O2/c1-15(2,12-7-9-17-10-8-12)19-14(18)11-3-5-13(16)6-4-11/h11-13,17H,3-10,16H2,1-2H3/p+1. The topological polar surface area (TPSA) is 68.9 Å². The Labute approximate surface area is 116 Å². The molecule has 2 aliphatic rings. The molecule has 110 valence electrons. The molecule has 0 aromatic heterocycles. The highest BCUT2D eigenvalue weighted by molar-refractivity contribution is 5.73. The normalized spacial score (nSPS) is 30.1. The van der Waals surface area contributed by atoms with E-state index < -0.39 is 0 Å². The number of piperidine rings is 1. The summed E-state index contributed by atoms with van der Waals surface area (Å²) in [5.74, 6) is 0.591. The van der Waals surface area contributed by atoms with E-state index in [1.807, 2.05) is 0 Å². The first-order valence-electron chi connectivity index (χ1n) is 7.79. The molecule has 0 aromatic carbocycles. The van der Waals surface area contributed by atoms with Gasteiger partial charge in [-0.15, -0.1) is 0 Å². The highest BCUT2D eigenvalue weighted by Crippen LogP contribution is 2.31. The van der Waals surface area contributed by atoms with Crippen LogP contribution in [0.25, 0.3) is 0 Å². The van der Waals surface area contributed by atoms with Crippen LogP contribution in [-0.4, -0.2) is 30.7 Å². The van der Waals surface area contributed by atoms with Gasteiger partial charge in [0.1, 0.15) is 5.60 Å². The minimum Gasteiger partial charge on any atom is -0.459 e. The zero-order valence-electron chi connectivity index (χ0n) is 12.4. The van der Waals surface area contributed by atoms with Crippen LogP contribution < -0.4 is 11.1 Å². The van der Waals surface area contributed by atoms with E-state index in [9.17, 15) is 4.79 Å². The van der Waals surface area contributed by atoms with Crippen LogP contribution in [0.1, 0.15) is 52.4 Å². The fourth-order valence-corrected chi connectivity index (χ4v) is 3.40. The molecule has 4 nitrogen and oxygen atoms in total. The number of rotatable bonds is 3. The molecular formula is C15H29N2O2+.